The maximum absolute atomic E-state index is 13.8. The Morgan fingerprint density at radius 2 is 1.75 bits per heavy atom. The molecule has 1 saturated heterocycles. The highest BCUT2D eigenvalue weighted by Gasteiger charge is 2.25. The Morgan fingerprint density at radius 3 is 2.44 bits per heavy atom. The summed E-state index contributed by atoms with van der Waals surface area (Å²) in [7, 11) is 0. The molecule has 0 bridgehead atoms. The first-order valence-electron chi connectivity index (χ1n) is 14.1. The van der Waals surface area contributed by atoms with E-state index < -0.39 is 0 Å². The lowest BCUT2D eigenvalue weighted by atomic mass is 9.88. The van der Waals surface area contributed by atoms with Crippen LogP contribution in [0.5, 0.6) is 0 Å². The molecule has 1 fully saturated rings. The summed E-state index contributed by atoms with van der Waals surface area (Å²) in [4.78, 5) is 18.7. The highest BCUT2D eigenvalue weighted by atomic mass is 16.1. The predicted molar refractivity (Wildman–Crippen MR) is 153 cm³/mol. The first kappa shape index (κ1) is 26.3. The summed E-state index contributed by atoms with van der Waals surface area (Å²) in [5.41, 5.74) is 8.70. The van der Waals surface area contributed by atoms with Crippen LogP contribution >= 0.6 is 0 Å². The van der Waals surface area contributed by atoms with E-state index in [0.29, 0.717) is 5.92 Å². The minimum Gasteiger partial charge on any atom is -0.371 e. The fraction of sp³-hybridized carbons (Fsp3) is 0.516. The SMILES string of the molecule is CCCCN1CCC(c2cn(NCCC)c3ccc(C(=O)c4ccccc4N(CC)CC)cc23)CC1. The third-order valence-corrected chi connectivity index (χ3v) is 7.74. The van der Waals surface area contributed by atoms with Gasteiger partial charge in [-0.25, -0.2) is 0 Å². The molecule has 0 unspecified atom stereocenters. The molecule has 5 nitrogen and oxygen atoms in total. The van der Waals surface area contributed by atoms with Gasteiger partial charge in [0.05, 0.1) is 5.52 Å². The molecule has 0 spiro atoms. The Hall–Kier alpha value is -2.79. The number of benzene rings is 2. The fourth-order valence-corrected chi connectivity index (χ4v) is 5.60. The van der Waals surface area contributed by atoms with E-state index in [1.807, 2.05) is 24.3 Å². The number of hydrogen-bond acceptors (Lipinski definition) is 4. The molecule has 0 amide bonds. The zero-order chi connectivity index (χ0) is 25.5. The average molecular weight is 489 g/mol. The van der Waals surface area contributed by atoms with Crippen molar-refractivity contribution in [2.24, 2.45) is 0 Å². The van der Waals surface area contributed by atoms with Gasteiger partial charge >= 0.3 is 0 Å². The van der Waals surface area contributed by atoms with E-state index in [-0.39, 0.29) is 5.78 Å². The monoisotopic (exact) mass is 488 g/mol. The number of fused-ring (bicyclic) bond motifs is 1. The third-order valence-electron chi connectivity index (χ3n) is 7.74. The summed E-state index contributed by atoms with van der Waals surface area (Å²) in [5.74, 6) is 0.636. The van der Waals surface area contributed by atoms with Gasteiger partial charge in [0.25, 0.3) is 0 Å². The van der Waals surface area contributed by atoms with Gasteiger partial charge in [-0.15, -0.1) is 0 Å². The Kier molecular flexibility index (Phi) is 9.08. The van der Waals surface area contributed by atoms with E-state index >= 15 is 0 Å². The molecule has 194 valence electrons. The lowest BCUT2D eigenvalue weighted by Gasteiger charge is -2.31. The number of rotatable bonds is 12. The largest absolute Gasteiger partial charge is 0.371 e. The van der Waals surface area contributed by atoms with Gasteiger partial charge in [0, 0.05) is 48.0 Å². The number of nitrogens with one attached hydrogen (secondary N) is 1. The molecule has 0 saturated carbocycles. The van der Waals surface area contributed by atoms with Crippen molar-refractivity contribution in [1.29, 1.82) is 0 Å². The van der Waals surface area contributed by atoms with Crippen LogP contribution in [0.4, 0.5) is 5.69 Å². The lowest BCUT2D eigenvalue weighted by molar-refractivity contribution is 0.103. The van der Waals surface area contributed by atoms with E-state index in [9.17, 15) is 4.79 Å². The van der Waals surface area contributed by atoms with E-state index in [0.717, 1.165) is 56.0 Å². The summed E-state index contributed by atoms with van der Waals surface area (Å²) in [6.45, 7) is 15.0. The van der Waals surface area contributed by atoms with Gasteiger partial charge in [0.2, 0.25) is 0 Å². The average Bonchev–Trinajstić information content (AvgIpc) is 3.29. The number of aromatic nitrogens is 1. The number of hydrogen-bond donors (Lipinski definition) is 1. The number of para-hydroxylation sites is 1. The van der Waals surface area contributed by atoms with Crippen molar-refractivity contribution in [2.75, 3.05) is 49.6 Å². The molecule has 5 heteroatoms. The van der Waals surface area contributed by atoms with Crippen LogP contribution in [0, 0.1) is 0 Å². The van der Waals surface area contributed by atoms with E-state index in [1.54, 1.807) is 0 Å². The lowest BCUT2D eigenvalue weighted by Crippen LogP contribution is -2.33. The third kappa shape index (κ3) is 5.62. The minimum atomic E-state index is 0.106. The summed E-state index contributed by atoms with van der Waals surface area (Å²) >= 11 is 0. The molecule has 2 heterocycles. The molecule has 36 heavy (non-hydrogen) atoms. The van der Waals surface area contributed by atoms with Gasteiger partial charge in [0.15, 0.2) is 5.78 Å². The number of anilines is 1. The molecule has 0 atom stereocenters. The topological polar surface area (TPSA) is 40.5 Å². The van der Waals surface area contributed by atoms with Crippen LogP contribution in [0.15, 0.2) is 48.7 Å². The zero-order valence-corrected chi connectivity index (χ0v) is 22.7. The molecular formula is C31H44N4O. The summed E-state index contributed by atoms with van der Waals surface area (Å²) in [5, 5.41) is 1.22. The van der Waals surface area contributed by atoms with Crippen LogP contribution in [-0.2, 0) is 0 Å². The number of ketones is 1. The highest BCUT2D eigenvalue weighted by molar-refractivity contribution is 6.13. The molecule has 4 rings (SSSR count). The summed E-state index contributed by atoms with van der Waals surface area (Å²) in [6, 6.07) is 14.3. The maximum atomic E-state index is 13.8. The van der Waals surface area contributed by atoms with Gasteiger partial charge in [-0.1, -0.05) is 32.4 Å². The van der Waals surface area contributed by atoms with E-state index in [1.165, 1.54) is 48.7 Å². The Morgan fingerprint density at radius 1 is 1.00 bits per heavy atom. The van der Waals surface area contributed by atoms with Gasteiger partial charge in [-0.2, -0.15) is 0 Å². The van der Waals surface area contributed by atoms with Crippen molar-refractivity contribution < 1.29 is 4.79 Å². The van der Waals surface area contributed by atoms with Gasteiger partial charge < -0.3 is 15.2 Å². The molecule has 3 aromatic rings. The molecule has 1 N–H and O–H groups in total. The molecule has 0 radical (unpaired) electrons. The molecule has 1 aliphatic heterocycles. The van der Waals surface area contributed by atoms with E-state index in [4.69, 9.17) is 0 Å². The predicted octanol–water partition coefficient (Wildman–Crippen LogP) is 6.65. The van der Waals surface area contributed by atoms with E-state index in [2.05, 4.69) is 72.0 Å². The van der Waals surface area contributed by atoms with Gasteiger partial charge in [-0.05, 0) is 101 Å². The Labute approximate surface area is 217 Å². The Balaban J connectivity index is 1.68. The van der Waals surface area contributed by atoms with Crippen LogP contribution in [0.3, 0.4) is 0 Å². The number of nitrogens with zero attached hydrogens (tertiary/aromatic N) is 3. The standard InChI is InChI=1S/C31H44N4O/c1-5-9-19-33-20-16-24(17-21-33)28-23-35(32-18-6-2)30-15-14-25(22-27(28)30)31(36)26-12-10-11-13-29(26)34(7-3)8-4/h10-15,22-24,32H,5-9,16-21H2,1-4H3. The second kappa shape index (κ2) is 12.4. The van der Waals surface area contributed by atoms with Gasteiger partial charge in [0.1, 0.15) is 0 Å². The van der Waals surface area contributed by atoms with Crippen LogP contribution in [0.2, 0.25) is 0 Å². The number of piperidine rings is 1. The van der Waals surface area contributed by atoms with Crippen molar-refractivity contribution in [3.05, 3.63) is 65.4 Å². The van der Waals surface area contributed by atoms with Crippen molar-refractivity contribution in [3.63, 3.8) is 0 Å². The normalized spacial score (nSPS) is 14.9. The summed E-state index contributed by atoms with van der Waals surface area (Å²) in [6.07, 6.45) is 8.27. The minimum absolute atomic E-state index is 0.106. The van der Waals surface area contributed by atoms with Crippen LogP contribution in [0.1, 0.15) is 87.2 Å². The van der Waals surface area contributed by atoms with Gasteiger partial charge in [-0.3, -0.25) is 9.47 Å². The maximum Gasteiger partial charge on any atom is 0.195 e. The first-order chi connectivity index (χ1) is 17.6. The first-order valence-corrected chi connectivity index (χ1v) is 14.1. The van der Waals surface area contributed by atoms with Crippen molar-refractivity contribution in [3.8, 4) is 0 Å². The molecule has 1 aliphatic rings. The van der Waals surface area contributed by atoms with Crippen LogP contribution in [0.25, 0.3) is 10.9 Å². The second-order valence-electron chi connectivity index (χ2n) is 10.1. The number of carbonyl (C=O) groups is 1. The number of likely N-dealkylation sites (tertiary alicyclic amines) is 1. The smallest absolute Gasteiger partial charge is 0.195 e. The number of carbonyl (C=O) groups excluding carboxylic acids is 1. The Bertz CT molecular complexity index is 1140. The molecule has 1 aromatic heterocycles. The highest BCUT2D eigenvalue weighted by Crippen LogP contribution is 2.35. The van der Waals surface area contributed by atoms with Crippen LogP contribution in [-0.4, -0.2) is 54.6 Å². The van der Waals surface area contributed by atoms with Crippen molar-refractivity contribution in [2.45, 2.75) is 65.7 Å². The zero-order valence-electron chi connectivity index (χ0n) is 22.7. The second-order valence-corrected chi connectivity index (χ2v) is 10.1. The van der Waals surface area contributed by atoms with Crippen LogP contribution < -0.4 is 10.3 Å². The molecular weight excluding hydrogens is 444 g/mol. The molecule has 0 aliphatic carbocycles. The molecule has 2 aromatic carbocycles. The fourth-order valence-electron chi connectivity index (χ4n) is 5.60. The van der Waals surface area contributed by atoms with Crippen molar-refractivity contribution in [1.82, 2.24) is 9.58 Å². The van der Waals surface area contributed by atoms with Crippen molar-refractivity contribution >= 4 is 22.4 Å². The quantitative estimate of drug-likeness (QED) is 0.290. The summed E-state index contributed by atoms with van der Waals surface area (Å²) < 4.78 is 2.19. The number of unbranched alkanes of at least 4 members (excludes halogenated alkanes) is 1.